The second-order valence-electron chi connectivity index (χ2n) is 6.09. The van der Waals surface area contributed by atoms with Crippen molar-refractivity contribution in [3.63, 3.8) is 0 Å². The van der Waals surface area contributed by atoms with Gasteiger partial charge >= 0.3 is 0 Å². The maximum atomic E-state index is 12.3. The molecule has 0 bridgehead atoms. The molecule has 2 aliphatic rings. The maximum absolute atomic E-state index is 12.3. The van der Waals surface area contributed by atoms with Crippen LogP contribution in [0.2, 0.25) is 5.02 Å². The second kappa shape index (κ2) is 5.74. The molecule has 1 aliphatic heterocycles. The molecule has 4 unspecified atom stereocenters. The van der Waals surface area contributed by atoms with Crippen LogP contribution in [0.15, 0.2) is 24.3 Å². The highest BCUT2D eigenvalue weighted by Crippen LogP contribution is 2.48. The van der Waals surface area contributed by atoms with Crippen molar-refractivity contribution in [1.82, 2.24) is 10.6 Å². The van der Waals surface area contributed by atoms with E-state index in [2.05, 4.69) is 23.6 Å². The van der Waals surface area contributed by atoms with Crippen molar-refractivity contribution in [2.45, 2.75) is 31.7 Å². The molecule has 4 atom stereocenters. The lowest BCUT2D eigenvalue weighted by Gasteiger charge is -2.30. The third-order valence-electron chi connectivity index (χ3n) is 4.56. The number of halogens is 1. The van der Waals surface area contributed by atoms with Gasteiger partial charge in [0.2, 0.25) is 5.91 Å². The van der Waals surface area contributed by atoms with E-state index in [1.54, 1.807) is 0 Å². The van der Waals surface area contributed by atoms with E-state index < -0.39 is 0 Å². The van der Waals surface area contributed by atoms with E-state index in [-0.39, 0.29) is 17.9 Å². The van der Waals surface area contributed by atoms with Crippen molar-refractivity contribution in [2.24, 2.45) is 11.8 Å². The highest BCUT2D eigenvalue weighted by molar-refractivity contribution is 6.30. The van der Waals surface area contributed by atoms with Crippen LogP contribution >= 0.6 is 11.6 Å². The smallest absolute Gasteiger partial charge is 0.224 e. The summed E-state index contributed by atoms with van der Waals surface area (Å²) in [6, 6.07) is 8.14. The quantitative estimate of drug-likeness (QED) is 0.899. The molecule has 2 fully saturated rings. The van der Waals surface area contributed by atoms with Crippen LogP contribution in [0.4, 0.5) is 0 Å². The predicted octanol–water partition coefficient (Wildman–Crippen LogP) is 2.56. The Balaban J connectivity index is 1.57. The molecule has 20 heavy (non-hydrogen) atoms. The molecule has 1 heterocycles. The van der Waals surface area contributed by atoms with E-state index in [9.17, 15) is 4.79 Å². The number of carbonyl (C=O) groups excluding carboxylic acids is 1. The van der Waals surface area contributed by atoms with Gasteiger partial charge in [-0.25, -0.2) is 0 Å². The molecule has 3 nitrogen and oxygen atoms in total. The molecule has 0 spiro atoms. The molecule has 1 aromatic carbocycles. The summed E-state index contributed by atoms with van der Waals surface area (Å²) in [6.45, 7) is 4.16. The van der Waals surface area contributed by atoms with Gasteiger partial charge in [0.1, 0.15) is 0 Å². The Morgan fingerprint density at radius 2 is 2.30 bits per heavy atom. The summed E-state index contributed by atoms with van der Waals surface area (Å²) in [4.78, 5) is 12.3. The summed E-state index contributed by atoms with van der Waals surface area (Å²) in [7, 11) is 0. The minimum Gasteiger partial charge on any atom is -0.352 e. The number of amides is 1. The first-order valence-corrected chi connectivity index (χ1v) is 7.79. The fourth-order valence-electron chi connectivity index (χ4n) is 3.06. The summed E-state index contributed by atoms with van der Waals surface area (Å²) in [5.74, 6) is 1.24. The first-order valence-electron chi connectivity index (χ1n) is 7.41. The summed E-state index contributed by atoms with van der Waals surface area (Å²) in [5, 5.41) is 7.31. The summed E-state index contributed by atoms with van der Waals surface area (Å²) in [6.07, 6.45) is 2.08. The Morgan fingerprint density at radius 3 is 3.05 bits per heavy atom. The zero-order valence-electron chi connectivity index (χ0n) is 11.7. The van der Waals surface area contributed by atoms with Crippen LogP contribution in [0, 0.1) is 11.8 Å². The minimum atomic E-state index is 0.127. The summed E-state index contributed by atoms with van der Waals surface area (Å²) < 4.78 is 0. The van der Waals surface area contributed by atoms with Crippen molar-refractivity contribution in [1.29, 1.82) is 0 Å². The van der Waals surface area contributed by atoms with Gasteiger partial charge in [0.25, 0.3) is 0 Å². The molecule has 1 aromatic rings. The van der Waals surface area contributed by atoms with Gasteiger partial charge in [-0.3, -0.25) is 4.79 Å². The highest BCUT2D eigenvalue weighted by Gasteiger charge is 2.44. The number of benzene rings is 1. The van der Waals surface area contributed by atoms with Crippen molar-refractivity contribution < 1.29 is 4.79 Å². The van der Waals surface area contributed by atoms with E-state index in [4.69, 9.17) is 11.6 Å². The lowest BCUT2D eigenvalue weighted by molar-refractivity contribution is -0.123. The van der Waals surface area contributed by atoms with Crippen LogP contribution in [-0.4, -0.2) is 25.0 Å². The highest BCUT2D eigenvalue weighted by atomic mass is 35.5. The summed E-state index contributed by atoms with van der Waals surface area (Å²) >= 11 is 6.01. The lowest BCUT2D eigenvalue weighted by atomic mass is 9.94. The molecule has 0 radical (unpaired) electrons. The van der Waals surface area contributed by atoms with Crippen molar-refractivity contribution >= 4 is 17.5 Å². The average molecular weight is 293 g/mol. The number of rotatable bonds is 3. The van der Waals surface area contributed by atoms with Gasteiger partial charge in [0.05, 0.1) is 0 Å². The molecule has 3 rings (SSSR count). The number of hydrogen-bond acceptors (Lipinski definition) is 2. The van der Waals surface area contributed by atoms with E-state index in [1.807, 2.05) is 18.2 Å². The van der Waals surface area contributed by atoms with E-state index in [0.717, 1.165) is 31.0 Å². The van der Waals surface area contributed by atoms with Gasteiger partial charge in [-0.05, 0) is 48.9 Å². The van der Waals surface area contributed by atoms with Crippen LogP contribution in [0.3, 0.4) is 0 Å². The Labute approximate surface area is 125 Å². The molecule has 1 saturated carbocycles. The summed E-state index contributed by atoms with van der Waals surface area (Å²) in [5.41, 5.74) is 1.19. The van der Waals surface area contributed by atoms with Gasteiger partial charge in [-0.2, -0.15) is 0 Å². The zero-order chi connectivity index (χ0) is 14.1. The molecule has 1 aliphatic carbocycles. The zero-order valence-corrected chi connectivity index (χ0v) is 12.5. The Hall–Kier alpha value is -1.06. The molecule has 0 aromatic heterocycles. The molecular weight excluding hydrogens is 272 g/mol. The third-order valence-corrected chi connectivity index (χ3v) is 4.79. The maximum Gasteiger partial charge on any atom is 0.224 e. The Bertz CT molecular complexity index is 505. The Morgan fingerprint density at radius 1 is 1.45 bits per heavy atom. The van der Waals surface area contributed by atoms with Gasteiger partial charge < -0.3 is 10.6 Å². The molecular formula is C16H21ClN2O. The standard InChI is InChI=1S/C16H21ClN2O/c1-10-5-6-18-9-15(10)19-16(20)14-8-13(14)11-3-2-4-12(17)7-11/h2-4,7,10,13-15,18H,5-6,8-9H2,1H3,(H,19,20). The average Bonchev–Trinajstić information content (AvgIpc) is 3.22. The van der Waals surface area contributed by atoms with Crippen LogP contribution in [0.5, 0.6) is 0 Å². The molecule has 4 heteroatoms. The first-order chi connectivity index (χ1) is 9.65. The fourth-order valence-corrected chi connectivity index (χ4v) is 3.26. The van der Waals surface area contributed by atoms with Gasteiger partial charge in [0.15, 0.2) is 0 Å². The topological polar surface area (TPSA) is 41.1 Å². The normalized spacial score (nSPS) is 32.7. The minimum absolute atomic E-state index is 0.127. The van der Waals surface area contributed by atoms with E-state index >= 15 is 0 Å². The van der Waals surface area contributed by atoms with E-state index in [1.165, 1.54) is 5.56 Å². The van der Waals surface area contributed by atoms with Crippen LogP contribution in [-0.2, 0) is 4.79 Å². The molecule has 108 valence electrons. The number of hydrogen-bond donors (Lipinski definition) is 2. The predicted molar refractivity (Wildman–Crippen MR) is 80.9 cm³/mol. The SMILES string of the molecule is CC1CCNCC1NC(=O)C1CC1c1cccc(Cl)c1. The van der Waals surface area contributed by atoms with Gasteiger partial charge in [0, 0.05) is 23.5 Å². The molecule has 2 N–H and O–H groups in total. The number of carbonyl (C=O) groups is 1. The van der Waals surface area contributed by atoms with Crippen molar-refractivity contribution in [3.8, 4) is 0 Å². The monoisotopic (exact) mass is 292 g/mol. The lowest BCUT2D eigenvalue weighted by Crippen LogP contribution is -2.50. The van der Waals surface area contributed by atoms with Gasteiger partial charge in [-0.15, -0.1) is 0 Å². The van der Waals surface area contributed by atoms with Crippen LogP contribution in [0.25, 0.3) is 0 Å². The van der Waals surface area contributed by atoms with Gasteiger partial charge in [-0.1, -0.05) is 30.7 Å². The number of piperidine rings is 1. The van der Waals surface area contributed by atoms with E-state index in [0.29, 0.717) is 11.8 Å². The van der Waals surface area contributed by atoms with Crippen LogP contribution in [0.1, 0.15) is 31.2 Å². The Kier molecular flexibility index (Phi) is 3.99. The van der Waals surface area contributed by atoms with Crippen LogP contribution < -0.4 is 10.6 Å². The second-order valence-corrected chi connectivity index (χ2v) is 6.53. The van der Waals surface area contributed by atoms with Crippen molar-refractivity contribution in [2.75, 3.05) is 13.1 Å². The van der Waals surface area contributed by atoms with Crippen molar-refractivity contribution in [3.05, 3.63) is 34.9 Å². The molecule has 1 amide bonds. The fraction of sp³-hybridized carbons (Fsp3) is 0.562. The number of nitrogens with one attached hydrogen (secondary N) is 2. The largest absolute Gasteiger partial charge is 0.352 e. The molecule has 1 saturated heterocycles. The first kappa shape index (κ1) is 13.9. The third kappa shape index (κ3) is 2.99.